The third-order valence-electron chi connectivity index (χ3n) is 7.61. The Hall–Kier alpha value is -5.94. The van der Waals surface area contributed by atoms with Crippen molar-refractivity contribution in [3.05, 3.63) is 146 Å². The van der Waals surface area contributed by atoms with Gasteiger partial charge >= 0.3 is 0 Å². The zero-order valence-corrected chi connectivity index (χ0v) is 23.1. The molecule has 0 radical (unpaired) electrons. The van der Waals surface area contributed by atoms with Crippen molar-refractivity contribution >= 4 is 21.9 Å². The largest absolute Gasteiger partial charge is 0.456 e. The van der Waals surface area contributed by atoms with Crippen LogP contribution in [0.2, 0.25) is 0 Å². The first-order valence-corrected chi connectivity index (χ1v) is 14.1. The molecule has 5 nitrogen and oxygen atoms in total. The molecule has 8 rings (SSSR count). The Bertz CT molecular complexity index is 2170. The van der Waals surface area contributed by atoms with Gasteiger partial charge in [-0.25, -0.2) is 15.0 Å². The number of benzene rings is 5. The molecule has 0 aliphatic carbocycles. The van der Waals surface area contributed by atoms with Crippen molar-refractivity contribution in [1.29, 1.82) is 0 Å². The molecule has 0 fully saturated rings. The molecule has 0 aliphatic rings. The number of pyridine rings is 1. The molecule has 43 heavy (non-hydrogen) atoms. The fourth-order valence-electron chi connectivity index (χ4n) is 5.48. The second-order valence-electron chi connectivity index (χ2n) is 10.4. The number of rotatable bonds is 5. The van der Waals surface area contributed by atoms with Gasteiger partial charge in [0.15, 0.2) is 17.5 Å². The van der Waals surface area contributed by atoms with Crippen LogP contribution in [0.15, 0.2) is 150 Å². The van der Waals surface area contributed by atoms with Gasteiger partial charge in [0.1, 0.15) is 11.2 Å². The standard InChI is InChI=1S/C38H24N4O/c1-3-9-25(10-4-1)29-21-30(26-17-19-39-20-18-26)23-31(22-29)38-41-36(27-11-5-2-6-12-27)40-37(42-38)28-15-16-35-33(24-28)32-13-7-8-14-34(32)43-35/h1-24H. The Kier molecular flexibility index (Phi) is 6.05. The van der Waals surface area contributed by atoms with Gasteiger partial charge in [0.2, 0.25) is 0 Å². The molecule has 5 heteroatoms. The van der Waals surface area contributed by atoms with E-state index in [1.807, 2.05) is 91.3 Å². The maximum atomic E-state index is 6.08. The van der Waals surface area contributed by atoms with E-state index < -0.39 is 0 Å². The average Bonchev–Trinajstić information content (AvgIpc) is 3.47. The molecule has 0 saturated carbocycles. The predicted octanol–water partition coefficient (Wildman–Crippen LogP) is 9.50. The molecule has 0 aliphatic heterocycles. The highest BCUT2D eigenvalue weighted by molar-refractivity contribution is 6.06. The Morgan fingerprint density at radius 2 is 0.884 bits per heavy atom. The van der Waals surface area contributed by atoms with E-state index in [0.717, 1.165) is 60.9 Å². The molecule has 0 amide bonds. The van der Waals surface area contributed by atoms with E-state index in [4.69, 9.17) is 19.4 Å². The topological polar surface area (TPSA) is 64.7 Å². The van der Waals surface area contributed by atoms with Crippen molar-refractivity contribution in [2.24, 2.45) is 0 Å². The summed E-state index contributed by atoms with van der Waals surface area (Å²) in [6.07, 6.45) is 3.63. The molecular formula is C38H24N4O. The Morgan fingerprint density at radius 3 is 1.60 bits per heavy atom. The summed E-state index contributed by atoms with van der Waals surface area (Å²) in [6, 6.07) is 45.2. The van der Waals surface area contributed by atoms with Crippen molar-refractivity contribution in [2.75, 3.05) is 0 Å². The lowest BCUT2D eigenvalue weighted by Gasteiger charge is -2.12. The average molecular weight is 553 g/mol. The van der Waals surface area contributed by atoms with Gasteiger partial charge in [-0.2, -0.15) is 0 Å². The quantitative estimate of drug-likeness (QED) is 0.213. The van der Waals surface area contributed by atoms with Gasteiger partial charge in [0.05, 0.1) is 0 Å². The highest BCUT2D eigenvalue weighted by atomic mass is 16.3. The third-order valence-corrected chi connectivity index (χ3v) is 7.61. The van der Waals surface area contributed by atoms with Crippen LogP contribution in [0.3, 0.4) is 0 Å². The van der Waals surface area contributed by atoms with Crippen molar-refractivity contribution in [1.82, 2.24) is 19.9 Å². The van der Waals surface area contributed by atoms with E-state index >= 15 is 0 Å². The summed E-state index contributed by atoms with van der Waals surface area (Å²) in [4.78, 5) is 19.3. The monoisotopic (exact) mass is 552 g/mol. The molecular weight excluding hydrogens is 528 g/mol. The van der Waals surface area contributed by atoms with Crippen LogP contribution in [0.1, 0.15) is 0 Å². The summed E-state index contributed by atoms with van der Waals surface area (Å²) >= 11 is 0. The molecule has 0 spiro atoms. The van der Waals surface area contributed by atoms with Crippen LogP contribution in [-0.4, -0.2) is 19.9 Å². The molecule has 0 unspecified atom stereocenters. The smallest absolute Gasteiger partial charge is 0.164 e. The lowest BCUT2D eigenvalue weighted by atomic mass is 9.96. The lowest BCUT2D eigenvalue weighted by molar-refractivity contribution is 0.669. The zero-order valence-electron chi connectivity index (χ0n) is 23.1. The second kappa shape index (κ2) is 10.5. The summed E-state index contributed by atoms with van der Waals surface area (Å²) < 4.78 is 6.08. The van der Waals surface area contributed by atoms with Crippen LogP contribution >= 0.6 is 0 Å². The SMILES string of the molecule is c1ccc(-c2cc(-c3ccncc3)cc(-c3nc(-c4ccccc4)nc(-c4ccc5oc6ccccc6c5c4)n3)c2)cc1. The normalized spacial score (nSPS) is 11.3. The van der Waals surface area contributed by atoms with Crippen LogP contribution in [0.4, 0.5) is 0 Å². The van der Waals surface area contributed by atoms with Gasteiger partial charge < -0.3 is 4.42 Å². The van der Waals surface area contributed by atoms with Crippen LogP contribution < -0.4 is 0 Å². The molecule has 3 aromatic heterocycles. The lowest BCUT2D eigenvalue weighted by Crippen LogP contribution is -2.00. The van der Waals surface area contributed by atoms with E-state index in [1.165, 1.54) is 0 Å². The molecule has 0 atom stereocenters. The minimum Gasteiger partial charge on any atom is -0.456 e. The minimum absolute atomic E-state index is 0.603. The fraction of sp³-hybridized carbons (Fsp3) is 0. The van der Waals surface area contributed by atoms with Gasteiger partial charge in [-0.1, -0.05) is 78.9 Å². The third kappa shape index (κ3) is 4.73. The van der Waals surface area contributed by atoms with Crippen molar-refractivity contribution in [3.8, 4) is 56.4 Å². The number of nitrogens with zero attached hydrogens (tertiary/aromatic N) is 4. The van der Waals surface area contributed by atoms with Gasteiger partial charge in [0.25, 0.3) is 0 Å². The zero-order chi connectivity index (χ0) is 28.6. The fourth-order valence-corrected chi connectivity index (χ4v) is 5.48. The molecule has 5 aromatic carbocycles. The minimum atomic E-state index is 0.603. The van der Waals surface area contributed by atoms with Gasteiger partial charge in [0, 0.05) is 39.9 Å². The Balaban J connectivity index is 1.35. The summed E-state index contributed by atoms with van der Waals surface area (Å²) in [6.45, 7) is 0. The summed E-state index contributed by atoms with van der Waals surface area (Å²) in [5.74, 6) is 1.83. The summed E-state index contributed by atoms with van der Waals surface area (Å²) in [5, 5.41) is 2.09. The highest BCUT2D eigenvalue weighted by Crippen LogP contribution is 2.35. The van der Waals surface area contributed by atoms with E-state index in [9.17, 15) is 0 Å². The molecule has 0 saturated heterocycles. The maximum Gasteiger partial charge on any atom is 0.164 e. The number of hydrogen-bond donors (Lipinski definition) is 0. The number of hydrogen-bond acceptors (Lipinski definition) is 5. The molecule has 8 aromatic rings. The van der Waals surface area contributed by atoms with Crippen LogP contribution in [0.5, 0.6) is 0 Å². The van der Waals surface area contributed by atoms with Crippen LogP contribution in [-0.2, 0) is 0 Å². The van der Waals surface area contributed by atoms with E-state index in [0.29, 0.717) is 17.5 Å². The van der Waals surface area contributed by atoms with Crippen molar-refractivity contribution in [3.63, 3.8) is 0 Å². The van der Waals surface area contributed by atoms with E-state index in [-0.39, 0.29) is 0 Å². The number of aromatic nitrogens is 4. The predicted molar refractivity (Wildman–Crippen MR) is 172 cm³/mol. The second-order valence-corrected chi connectivity index (χ2v) is 10.4. The van der Waals surface area contributed by atoms with E-state index in [1.54, 1.807) is 0 Å². The molecule has 0 N–H and O–H groups in total. The Morgan fingerprint density at radius 1 is 0.349 bits per heavy atom. The van der Waals surface area contributed by atoms with E-state index in [2.05, 4.69) is 59.6 Å². The number of furan rings is 1. The van der Waals surface area contributed by atoms with Crippen molar-refractivity contribution < 1.29 is 4.42 Å². The Labute approximate surface area is 248 Å². The molecule has 202 valence electrons. The maximum absolute atomic E-state index is 6.08. The van der Waals surface area contributed by atoms with Crippen LogP contribution in [0, 0.1) is 0 Å². The van der Waals surface area contributed by atoms with Crippen LogP contribution in [0.25, 0.3) is 78.4 Å². The first kappa shape index (κ1) is 24.8. The van der Waals surface area contributed by atoms with Crippen molar-refractivity contribution in [2.45, 2.75) is 0 Å². The summed E-state index contributed by atoms with van der Waals surface area (Å²) in [5.41, 5.74) is 8.76. The first-order chi connectivity index (χ1) is 21.3. The van der Waals surface area contributed by atoms with Gasteiger partial charge in [-0.15, -0.1) is 0 Å². The first-order valence-electron chi connectivity index (χ1n) is 14.1. The molecule has 0 bridgehead atoms. The summed E-state index contributed by atoms with van der Waals surface area (Å²) in [7, 11) is 0. The number of fused-ring (bicyclic) bond motifs is 3. The molecule has 3 heterocycles. The van der Waals surface area contributed by atoms with Gasteiger partial charge in [-0.3, -0.25) is 4.98 Å². The highest BCUT2D eigenvalue weighted by Gasteiger charge is 2.16. The number of para-hydroxylation sites is 1. The van der Waals surface area contributed by atoms with Gasteiger partial charge in [-0.05, 0) is 76.9 Å².